The Balaban J connectivity index is 1.87. The van der Waals surface area contributed by atoms with Crippen molar-refractivity contribution in [1.82, 2.24) is 10.3 Å². The number of rotatable bonds is 5. The smallest absolute Gasteiger partial charge is 0.252 e. The van der Waals surface area contributed by atoms with Gasteiger partial charge in [0.2, 0.25) is 0 Å². The fourth-order valence-electron chi connectivity index (χ4n) is 2.79. The standard InChI is InChI=1S/C20H20N2O3/c1-13-10-17(16-6-4-5-7-18(16)22-13)20(23)21-12-14-11-15(24-2)8-9-19(14)25-3/h4-11H,12H2,1-3H3,(H,21,23). The largest absolute Gasteiger partial charge is 0.497 e. The van der Waals surface area contributed by atoms with E-state index in [2.05, 4.69) is 10.3 Å². The van der Waals surface area contributed by atoms with E-state index in [0.29, 0.717) is 17.9 Å². The second-order valence-corrected chi connectivity index (χ2v) is 5.69. The molecule has 2 aromatic carbocycles. The Labute approximate surface area is 146 Å². The number of carbonyl (C=O) groups excluding carboxylic acids is 1. The SMILES string of the molecule is COc1ccc(OC)c(CNC(=O)c2cc(C)nc3ccccc23)c1. The number of nitrogens with one attached hydrogen (secondary N) is 1. The summed E-state index contributed by atoms with van der Waals surface area (Å²) < 4.78 is 10.6. The lowest BCUT2D eigenvalue weighted by Crippen LogP contribution is -2.23. The van der Waals surface area contributed by atoms with Gasteiger partial charge in [-0.3, -0.25) is 9.78 Å². The van der Waals surface area contributed by atoms with Gasteiger partial charge in [-0.1, -0.05) is 18.2 Å². The van der Waals surface area contributed by atoms with Crippen LogP contribution in [-0.2, 0) is 6.54 Å². The molecule has 0 radical (unpaired) electrons. The number of aryl methyl sites for hydroxylation is 1. The molecule has 0 aliphatic carbocycles. The average Bonchev–Trinajstić information content (AvgIpc) is 2.65. The van der Waals surface area contributed by atoms with E-state index in [1.807, 2.05) is 49.4 Å². The van der Waals surface area contributed by atoms with Gasteiger partial charge >= 0.3 is 0 Å². The van der Waals surface area contributed by atoms with Gasteiger partial charge in [-0.15, -0.1) is 0 Å². The van der Waals surface area contributed by atoms with Gasteiger partial charge in [0, 0.05) is 23.2 Å². The molecule has 0 fully saturated rings. The van der Waals surface area contributed by atoms with Crippen LogP contribution in [-0.4, -0.2) is 25.1 Å². The number of hydrogen-bond acceptors (Lipinski definition) is 4. The van der Waals surface area contributed by atoms with Crippen molar-refractivity contribution in [3.8, 4) is 11.5 Å². The highest BCUT2D eigenvalue weighted by atomic mass is 16.5. The van der Waals surface area contributed by atoms with Crippen LogP contribution in [0.2, 0.25) is 0 Å². The van der Waals surface area contributed by atoms with Crippen LogP contribution >= 0.6 is 0 Å². The van der Waals surface area contributed by atoms with Crippen LogP contribution < -0.4 is 14.8 Å². The lowest BCUT2D eigenvalue weighted by Gasteiger charge is -2.12. The first-order chi connectivity index (χ1) is 12.1. The Morgan fingerprint density at radius 2 is 1.88 bits per heavy atom. The third-order valence-corrected chi connectivity index (χ3v) is 4.02. The zero-order chi connectivity index (χ0) is 17.8. The van der Waals surface area contributed by atoms with Gasteiger partial charge in [-0.05, 0) is 37.3 Å². The summed E-state index contributed by atoms with van der Waals surface area (Å²) in [5.74, 6) is 1.28. The fraction of sp³-hybridized carbons (Fsp3) is 0.200. The Morgan fingerprint density at radius 1 is 1.08 bits per heavy atom. The third kappa shape index (κ3) is 3.55. The summed E-state index contributed by atoms with van der Waals surface area (Å²) in [7, 11) is 3.21. The molecule has 1 aromatic heterocycles. The van der Waals surface area contributed by atoms with E-state index in [-0.39, 0.29) is 5.91 Å². The molecule has 0 saturated heterocycles. The van der Waals surface area contributed by atoms with Crippen LogP contribution in [0, 0.1) is 6.92 Å². The second kappa shape index (κ2) is 7.21. The van der Waals surface area contributed by atoms with Crippen molar-refractivity contribution in [3.05, 3.63) is 65.4 Å². The molecule has 0 spiro atoms. The normalized spacial score (nSPS) is 10.5. The van der Waals surface area contributed by atoms with Crippen molar-refractivity contribution in [2.24, 2.45) is 0 Å². The summed E-state index contributed by atoms with van der Waals surface area (Å²) in [6, 6.07) is 14.9. The first-order valence-corrected chi connectivity index (χ1v) is 7.98. The quantitative estimate of drug-likeness (QED) is 0.775. The molecule has 0 aliphatic heterocycles. The molecule has 0 atom stereocenters. The van der Waals surface area contributed by atoms with Gasteiger partial charge in [-0.25, -0.2) is 0 Å². The highest BCUT2D eigenvalue weighted by Gasteiger charge is 2.13. The fourth-order valence-corrected chi connectivity index (χ4v) is 2.79. The Kier molecular flexibility index (Phi) is 4.84. The monoisotopic (exact) mass is 336 g/mol. The molecule has 0 saturated carbocycles. The summed E-state index contributed by atoms with van der Waals surface area (Å²) in [6.07, 6.45) is 0. The molecule has 0 aliphatic rings. The van der Waals surface area contributed by atoms with Crippen LogP contribution in [0.4, 0.5) is 0 Å². The molecular weight excluding hydrogens is 316 g/mol. The number of aromatic nitrogens is 1. The summed E-state index contributed by atoms with van der Waals surface area (Å²) in [5, 5.41) is 3.79. The molecule has 1 heterocycles. The van der Waals surface area contributed by atoms with Crippen molar-refractivity contribution in [1.29, 1.82) is 0 Å². The van der Waals surface area contributed by atoms with Gasteiger partial charge in [0.25, 0.3) is 5.91 Å². The topological polar surface area (TPSA) is 60.5 Å². The summed E-state index contributed by atoms with van der Waals surface area (Å²) in [5.41, 5.74) is 3.09. The van der Waals surface area contributed by atoms with E-state index < -0.39 is 0 Å². The van der Waals surface area contributed by atoms with Crippen LogP contribution in [0.25, 0.3) is 10.9 Å². The number of benzene rings is 2. The maximum Gasteiger partial charge on any atom is 0.252 e. The lowest BCUT2D eigenvalue weighted by atomic mass is 10.1. The number of hydrogen-bond donors (Lipinski definition) is 1. The van der Waals surface area contributed by atoms with Crippen molar-refractivity contribution in [2.45, 2.75) is 13.5 Å². The van der Waals surface area contributed by atoms with Gasteiger partial charge in [0.05, 0.1) is 25.3 Å². The van der Waals surface area contributed by atoms with Crippen molar-refractivity contribution in [3.63, 3.8) is 0 Å². The molecule has 128 valence electrons. The van der Waals surface area contributed by atoms with Crippen LogP contribution in [0.1, 0.15) is 21.6 Å². The maximum absolute atomic E-state index is 12.7. The summed E-state index contributed by atoms with van der Waals surface area (Å²) in [6.45, 7) is 2.23. The molecule has 5 nitrogen and oxygen atoms in total. The molecule has 5 heteroatoms. The van der Waals surface area contributed by atoms with E-state index in [0.717, 1.165) is 27.9 Å². The highest BCUT2D eigenvalue weighted by Crippen LogP contribution is 2.24. The second-order valence-electron chi connectivity index (χ2n) is 5.69. The molecular formula is C20H20N2O3. The lowest BCUT2D eigenvalue weighted by molar-refractivity contribution is 0.0952. The van der Waals surface area contributed by atoms with Crippen molar-refractivity contribution >= 4 is 16.8 Å². The minimum absolute atomic E-state index is 0.147. The van der Waals surface area contributed by atoms with Crippen LogP contribution in [0.15, 0.2) is 48.5 Å². The molecule has 1 amide bonds. The number of carbonyl (C=O) groups is 1. The number of fused-ring (bicyclic) bond motifs is 1. The van der Waals surface area contributed by atoms with E-state index in [4.69, 9.17) is 9.47 Å². The zero-order valence-electron chi connectivity index (χ0n) is 14.5. The number of methoxy groups -OCH3 is 2. The number of para-hydroxylation sites is 1. The van der Waals surface area contributed by atoms with Gasteiger partial charge in [0.1, 0.15) is 11.5 Å². The van der Waals surface area contributed by atoms with E-state index in [1.54, 1.807) is 20.3 Å². The molecule has 1 N–H and O–H groups in total. The number of pyridine rings is 1. The van der Waals surface area contributed by atoms with E-state index in [9.17, 15) is 4.79 Å². The van der Waals surface area contributed by atoms with Gasteiger partial charge < -0.3 is 14.8 Å². The molecule has 3 rings (SSSR count). The molecule has 0 bridgehead atoms. The van der Waals surface area contributed by atoms with Gasteiger partial charge in [0.15, 0.2) is 0 Å². The Morgan fingerprint density at radius 3 is 2.64 bits per heavy atom. The van der Waals surface area contributed by atoms with E-state index in [1.165, 1.54) is 0 Å². The number of amides is 1. The Bertz CT molecular complexity index is 922. The minimum atomic E-state index is -0.147. The van der Waals surface area contributed by atoms with E-state index >= 15 is 0 Å². The highest BCUT2D eigenvalue weighted by molar-refractivity contribution is 6.06. The van der Waals surface area contributed by atoms with Crippen molar-refractivity contribution < 1.29 is 14.3 Å². The number of ether oxygens (including phenoxy) is 2. The first-order valence-electron chi connectivity index (χ1n) is 7.98. The average molecular weight is 336 g/mol. The zero-order valence-corrected chi connectivity index (χ0v) is 14.5. The summed E-state index contributed by atoms with van der Waals surface area (Å²) >= 11 is 0. The summed E-state index contributed by atoms with van der Waals surface area (Å²) in [4.78, 5) is 17.2. The molecule has 25 heavy (non-hydrogen) atoms. The van der Waals surface area contributed by atoms with Crippen LogP contribution in [0.3, 0.4) is 0 Å². The Hall–Kier alpha value is -3.08. The minimum Gasteiger partial charge on any atom is -0.497 e. The molecule has 3 aromatic rings. The van der Waals surface area contributed by atoms with Crippen LogP contribution in [0.5, 0.6) is 11.5 Å². The predicted molar refractivity (Wildman–Crippen MR) is 97.2 cm³/mol. The van der Waals surface area contributed by atoms with Crippen molar-refractivity contribution in [2.75, 3.05) is 14.2 Å². The predicted octanol–water partition coefficient (Wildman–Crippen LogP) is 3.49. The maximum atomic E-state index is 12.7. The van der Waals surface area contributed by atoms with Gasteiger partial charge in [-0.2, -0.15) is 0 Å². The molecule has 0 unspecified atom stereocenters. The number of nitrogens with zero attached hydrogens (tertiary/aromatic N) is 1. The first kappa shape index (κ1) is 16.8. The third-order valence-electron chi connectivity index (χ3n) is 4.02.